The van der Waals surface area contributed by atoms with E-state index in [2.05, 4.69) is 17.4 Å². The lowest BCUT2D eigenvalue weighted by atomic mass is 10.2. The van der Waals surface area contributed by atoms with E-state index >= 15 is 0 Å². The van der Waals surface area contributed by atoms with Crippen molar-refractivity contribution in [2.75, 3.05) is 39.8 Å². The van der Waals surface area contributed by atoms with Crippen LogP contribution in [0.1, 0.15) is 5.56 Å². The predicted molar refractivity (Wildman–Crippen MR) is 77.0 cm³/mol. The molecule has 1 aromatic rings. The predicted octanol–water partition coefficient (Wildman–Crippen LogP) is -0.197. The van der Waals surface area contributed by atoms with Crippen LogP contribution < -0.4 is 15.9 Å². The van der Waals surface area contributed by atoms with Gasteiger partial charge in [0.05, 0.1) is 0 Å². The van der Waals surface area contributed by atoms with Crippen molar-refractivity contribution in [3.05, 3.63) is 29.8 Å². The van der Waals surface area contributed by atoms with Crippen LogP contribution in [-0.4, -0.2) is 55.6 Å². The van der Waals surface area contributed by atoms with Gasteiger partial charge in [-0.3, -0.25) is 10.2 Å². The molecule has 0 spiro atoms. The summed E-state index contributed by atoms with van der Waals surface area (Å²) in [5.41, 5.74) is 9.39. The summed E-state index contributed by atoms with van der Waals surface area (Å²) in [4.78, 5) is 14.1. The molecule has 1 aliphatic heterocycles. The number of amides is 1. The molecule has 0 radical (unpaired) electrons. The summed E-state index contributed by atoms with van der Waals surface area (Å²) in [5.74, 6) is 0.532. The van der Waals surface area contributed by atoms with Gasteiger partial charge >= 0.3 is 0 Å². The molecule has 0 aromatic heterocycles. The molecular formula is C14H22N4O2. The van der Waals surface area contributed by atoms with Gasteiger partial charge in [-0.15, -0.1) is 0 Å². The van der Waals surface area contributed by atoms with Crippen molar-refractivity contribution in [1.29, 1.82) is 0 Å². The summed E-state index contributed by atoms with van der Waals surface area (Å²) >= 11 is 0. The van der Waals surface area contributed by atoms with E-state index in [-0.39, 0.29) is 12.5 Å². The first-order chi connectivity index (χ1) is 9.69. The van der Waals surface area contributed by atoms with E-state index < -0.39 is 0 Å². The zero-order valence-electron chi connectivity index (χ0n) is 11.8. The van der Waals surface area contributed by atoms with Crippen molar-refractivity contribution in [3.63, 3.8) is 0 Å². The molecule has 1 saturated heterocycles. The van der Waals surface area contributed by atoms with Crippen molar-refractivity contribution >= 4 is 5.91 Å². The number of piperazine rings is 1. The van der Waals surface area contributed by atoms with Crippen LogP contribution in [0, 0.1) is 0 Å². The van der Waals surface area contributed by atoms with Crippen LogP contribution in [0.4, 0.5) is 0 Å². The molecule has 1 heterocycles. The van der Waals surface area contributed by atoms with E-state index in [1.165, 1.54) is 0 Å². The summed E-state index contributed by atoms with van der Waals surface area (Å²) in [6.45, 7) is 3.98. The Labute approximate surface area is 119 Å². The number of benzene rings is 1. The first-order valence-electron chi connectivity index (χ1n) is 6.83. The van der Waals surface area contributed by atoms with E-state index in [1.54, 1.807) is 0 Å². The normalized spacial score (nSPS) is 16.9. The molecule has 20 heavy (non-hydrogen) atoms. The minimum absolute atomic E-state index is 0.00333. The molecule has 0 unspecified atom stereocenters. The Hall–Kier alpha value is -1.63. The summed E-state index contributed by atoms with van der Waals surface area (Å²) in [6.07, 6.45) is 0. The molecule has 1 amide bonds. The quantitative estimate of drug-likeness (QED) is 0.781. The number of likely N-dealkylation sites (N-methyl/N-ethyl adjacent to an activating group) is 1. The van der Waals surface area contributed by atoms with E-state index in [4.69, 9.17) is 10.5 Å². The fourth-order valence-corrected chi connectivity index (χ4v) is 2.08. The highest BCUT2D eigenvalue weighted by atomic mass is 16.5. The van der Waals surface area contributed by atoms with Gasteiger partial charge in [0.25, 0.3) is 5.91 Å². The Morgan fingerprint density at radius 1 is 1.30 bits per heavy atom. The number of nitrogens with one attached hydrogen (secondary N) is 1. The molecule has 6 heteroatoms. The largest absolute Gasteiger partial charge is 0.483 e. The van der Waals surface area contributed by atoms with Gasteiger partial charge in [-0.2, -0.15) is 0 Å². The van der Waals surface area contributed by atoms with Crippen molar-refractivity contribution in [2.45, 2.75) is 6.54 Å². The Morgan fingerprint density at radius 2 is 2.00 bits per heavy atom. The number of hydrogen-bond acceptors (Lipinski definition) is 5. The standard InChI is InChI=1S/C14H22N4O2/c1-17-6-8-18(9-7-17)16-14(19)11-20-13-5-3-2-4-12(13)10-15/h2-5H,6-11,15H2,1H3,(H,16,19). The summed E-state index contributed by atoms with van der Waals surface area (Å²) < 4.78 is 5.52. The van der Waals surface area contributed by atoms with E-state index in [0.717, 1.165) is 31.7 Å². The topological polar surface area (TPSA) is 70.8 Å². The van der Waals surface area contributed by atoms with Crippen LogP contribution in [0.2, 0.25) is 0 Å². The molecule has 6 nitrogen and oxygen atoms in total. The van der Waals surface area contributed by atoms with Gasteiger partial charge in [0.2, 0.25) is 0 Å². The lowest BCUT2D eigenvalue weighted by Gasteiger charge is -2.32. The number of rotatable bonds is 5. The highest BCUT2D eigenvalue weighted by Gasteiger charge is 2.16. The van der Waals surface area contributed by atoms with E-state index in [9.17, 15) is 4.79 Å². The number of carbonyl (C=O) groups excluding carboxylic acids is 1. The third-order valence-electron chi connectivity index (χ3n) is 3.34. The molecular weight excluding hydrogens is 256 g/mol. The molecule has 1 aliphatic rings. The van der Waals surface area contributed by atoms with Crippen LogP contribution in [-0.2, 0) is 11.3 Å². The number of hydrazine groups is 1. The number of carbonyl (C=O) groups is 1. The van der Waals surface area contributed by atoms with Crippen LogP contribution >= 0.6 is 0 Å². The van der Waals surface area contributed by atoms with Gasteiger partial charge in [0.15, 0.2) is 6.61 Å². The minimum Gasteiger partial charge on any atom is -0.483 e. The zero-order valence-corrected chi connectivity index (χ0v) is 11.8. The fraction of sp³-hybridized carbons (Fsp3) is 0.500. The van der Waals surface area contributed by atoms with Gasteiger partial charge in [-0.05, 0) is 13.1 Å². The van der Waals surface area contributed by atoms with Crippen LogP contribution in [0.5, 0.6) is 5.75 Å². The third kappa shape index (κ3) is 4.19. The Bertz CT molecular complexity index is 445. The second-order valence-corrected chi connectivity index (χ2v) is 4.93. The monoisotopic (exact) mass is 278 g/mol. The SMILES string of the molecule is CN1CCN(NC(=O)COc2ccccc2CN)CC1. The smallest absolute Gasteiger partial charge is 0.272 e. The Balaban J connectivity index is 1.77. The molecule has 0 aliphatic carbocycles. The van der Waals surface area contributed by atoms with Crippen LogP contribution in [0.15, 0.2) is 24.3 Å². The van der Waals surface area contributed by atoms with Crippen molar-refractivity contribution < 1.29 is 9.53 Å². The molecule has 2 rings (SSSR count). The number of para-hydroxylation sites is 1. The van der Waals surface area contributed by atoms with Gasteiger partial charge in [0.1, 0.15) is 5.75 Å². The Kier molecular flexibility index (Phi) is 5.34. The van der Waals surface area contributed by atoms with Gasteiger partial charge in [-0.1, -0.05) is 18.2 Å². The summed E-state index contributed by atoms with van der Waals surface area (Å²) in [6, 6.07) is 7.49. The zero-order chi connectivity index (χ0) is 14.4. The highest BCUT2D eigenvalue weighted by molar-refractivity contribution is 5.77. The second kappa shape index (κ2) is 7.23. The molecule has 1 fully saturated rings. The van der Waals surface area contributed by atoms with Crippen LogP contribution in [0.25, 0.3) is 0 Å². The summed E-state index contributed by atoms with van der Waals surface area (Å²) in [5, 5.41) is 1.93. The maximum atomic E-state index is 11.8. The second-order valence-electron chi connectivity index (χ2n) is 4.93. The van der Waals surface area contributed by atoms with Crippen molar-refractivity contribution in [3.8, 4) is 5.75 Å². The molecule has 3 N–H and O–H groups in total. The molecule has 0 saturated carbocycles. The maximum Gasteiger partial charge on any atom is 0.272 e. The van der Waals surface area contributed by atoms with Crippen LogP contribution in [0.3, 0.4) is 0 Å². The van der Waals surface area contributed by atoms with Gasteiger partial charge in [-0.25, -0.2) is 5.01 Å². The highest BCUT2D eigenvalue weighted by Crippen LogP contribution is 2.16. The average molecular weight is 278 g/mol. The van der Waals surface area contributed by atoms with E-state index in [1.807, 2.05) is 29.3 Å². The maximum absolute atomic E-state index is 11.8. The fourth-order valence-electron chi connectivity index (χ4n) is 2.08. The lowest BCUT2D eigenvalue weighted by molar-refractivity contribution is -0.128. The molecule has 110 valence electrons. The first-order valence-corrected chi connectivity index (χ1v) is 6.83. The third-order valence-corrected chi connectivity index (χ3v) is 3.34. The van der Waals surface area contributed by atoms with Crippen molar-refractivity contribution in [1.82, 2.24) is 15.3 Å². The lowest BCUT2D eigenvalue weighted by Crippen LogP contribution is -2.53. The van der Waals surface area contributed by atoms with Gasteiger partial charge in [0, 0.05) is 38.3 Å². The number of ether oxygens (including phenoxy) is 1. The molecule has 1 aromatic carbocycles. The first kappa shape index (κ1) is 14.8. The van der Waals surface area contributed by atoms with Crippen molar-refractivity contribution in [2.24, 2.45) is 5.73 Å². The average Bonchev–Trinajstić information content (AvgIpc) is 2.48. The molecule has 0 bridgehead atoms. The van der Waals surface area contributed by atoms with Gasteiger partial charge < -0.3 is 15.4 Å². The number of hydrogen-bond donors (Lipinski definition) is 2. The number of nitrogens with zero attached hydrogens (tertiary/aromatic N) is 2. The minimum atomic E-state index is -0.138. The van der Waals surface area contributed by atoms with E-state index in [0.29, 0.717) is 12.3 Å². The molecule has 0 atom stereocenters. The summed E-state index contributed by atoms with van der Waals surface area (Å²) in [7, 11) is 2.08. The Morgan fingerprint density at radius 3 is 2.70 bits per heavy atom. The number of nitrogens with two attached hydrogens (primary N) is 1.